The Morgan fingerprint density at radius 2 is 2.00 bits per heavy atom. The molecule has 1 saturated heterocycles. The van der Waals surface area contributed by atoms with Crippen molar-refractivity contribution >= 4 is 12.4 Å². The second-order valence-electron chi connectivity index (χ2n) is 2.91. The van der Waals surface area contributed by atoms with E-state index in [1.165, 1.54) is 0 Å². The lowest BCUT2D eigenvalue weighted by Crippen LogP contribution is -2.41. The molecular formula is C7H16ClNO2. The van der Waals surface area contributed by atoms with Crippen molar-refractivity contribution < 1.29 is 10.2 Å². The average Bonchev–Trinajstić information content (AvgIpc) is 2.05. The summed E-state index contributed by atoms with van der Waals surface area (Å²) in [6.07, 6.45) is 1.94. The number of aliphatic hydroxyl groups is 2. The zero-order valence-electron chi connectivity index (χ0n) is 6.49. The number of rotatable bonds is 2. The first-order valence-corrected chi connectivity index (χ1v) is 3.82. The van der Waals surface area contributed by atoms with Crippen LogP contribution in [0.25, 0.3) is 0 Å². The molecule has 2 unspecified atom stereocenters. The van der Waals surface area contributed by atoms with Crippen molar-refractivity contribution in [3.63, 3.8) is 0 Å². The molecule has 0 aromatic carbocycles. The minimum Gasteiger partial charge on any atom is -0.396 e. The molecule has 0 spiro atoms. The molecule has 68 valence electrons. The molecule has 0 aromatic rings. The van der Waals surface area contributed by atoms with Crippen LogP contribution in [0.15, 0.2) is 0 Å². The van der Waals surface area contributed by atoms with Crippen LogP contribution in [0.3, 0.4) is 0 Å². The van der Waals surface area contributed by atoms with E-state index in [1.807, 2.05) is 0 Å². The van der Waals surface area contributed by atoms with Gasteiger partial charge in [0.2, 0.25) is 0 Å². The number of nitrogens with one attached hydrogen (secondary N) is 1. The first-order chi connectivity index (χ1) is 4.86. The highest BCUT2D eigenvalue weighted by Crippen LogP contribution is 2.14. The van der Waals surface area contributed by atoms with Gasteiger partial charge in [-0.25, -0.2) is 0 Å². The van der Waals surface area contributed by atoms with E-state index in [0.717, 1.165) is 19.4 Å². The van der Waals surface area contributed by atoms with Crippen molar-refractivity contribution in [2.45, 2.75) is 18.9 Å². The molecule has 1 aliphatic heterocycles. The molecule has 3 N–H and O–H groups in total. The second-order valence-corrected chi connectivity index (χ2v) is 2.91. The van der Waals surface area contributed by atoms with Crippen molar-refractivity contribution in [1.82, 2.24) is 5.32 Å². The van der Waals surface area contributed by atoms with Crippen LogP contribution in [-0.4, -0.2) is 36.0 Å². The van der Waals surface area contributed by atoms with Gasteiger partial charge in [-0.05, 0) is 25.3 Å². The standard InChI is InChI=1S/C7H15NO2.ClH/c9-4-6-1-2-8-7(3-6)5-10;/h6-10H,1-5H2;1H. The number of hydrogen-bond donors (Lipinski definition) is 3. The van der Waals surface area contributed by atoms with Crippen LogP contribution in [0.2, 0.25) is 0 Å². The lowest BCUT2D eigenvalue weighted by Gasteiger charge is -2.27. The van der Waals surface area contributed by atoms with Gasteiger partial charge in [0.25, 0.3) is 0 Å². The monoisotopic (exact) mass is 181 g/mol. The van der Waals surface area contributed by atoms with Crippen molar-refractivity contribution in [1.29, 1.82) is 0 Å². The zero-order valence-corrected chi connectivity index (χ0v) is 7.31. The fourth-order valence-electron chi connectivity index (χ4n) is 1.40. The largest absolute Gasteiger partial charge is 0.396 e. The van der Waals surface area contributed by atoms with E-state index in [4.69, 9.17) is 10.2 Å². The van der Waals surface area contributed by atoms with Gasteiger partial charge in [-0.2, -0.15) is 0 Å². The SMILES string of the molecule is Cl.OCC1CCNC(CO)C1. The van der Waals surface area contributed by atoms with Crippen LogP contribution in [-0.2, 0) is 0 Å². The van der Waals surface area contributed by atoms with Crippen molar-refractivity contribution in [3.05, 3.63) is 0 Å². The predicted octanol–water partition coefficient (Wildman–Crippen LogP) is -0.239. The molecule has 1 rings (SSSR count). The van der Waals surface area contributed by atoms with E-state index in [1.54, 1.807) is 0 Å². The molecule has 0 aliphatic carbocycles. The molecule has 0 saturated carbocycles. The average molecular weight is 182 g/mol. The lowest BCUT2D eigenvalue weighted by atomic mass is 9.94. The summed E-state index contributed by atoms with van der Waals surface area (Å²) in [5.41, 5.74) is 0. The highest BCUT2D eigenvalue weighted by atomic mass is 35.5. The Bertz CT molecular complexity index is 92.4. The third kappa shape index (κ3) is 3.38. The molecule has 1 fully saturated rings. The van der Waals surface area contributed by atoms with E-state index >= 15 is 0 Å². The van der Waals surface area contributed by atoms with E-state index < -0.39 is 0 Å². The van der Waals surface area contributed by atoms with Gasteiger partial charge in [-0.15, -0.1) is 12.4 Å². The minimum absolute atomic E-state index is 0. The summed E-state index contributed by atoms with van der Waals surface area (Å²) in [6, 6.07) is 0.214. The molecule has 0 radical (unpaired) electrons. The number of aliphatic hydroxyl groups excluding tert-OH is 2. The molecule has 11 heavy (non-hydrogen) atoms. The first-order valence-electron chi connectivity index (χ1n) is 3.82. The Kier molecular flexibility index (Phi) is 5.86. The normalized spacial score (nSPS) is 31.1. The van der Waals surface area contributed by atoms with E-state index in [0.29, 0.717) is 5.92 Å². The van der Waals surface area contributed by atoms with E-state index in [-0.39, 0.29) is 31.7 Å². The molecule has 2 atom stereocenters. The highest BCUT2D eigenvalue weighted by Gasteiger charge is 2.19. The Morgan fingerprint density at radius 3 is 2.55 bits per heavy atom. The Hall–Kier alpha value is 0.170. The predicted molar refractivity (Wildman–Crippen MR) is 45.9 cm³/mol. The van der Waals surface area contributed by atoms with Gasteiger partial charge >= 0.3 is 0 Å². The fraction of sp³-hybridized carbons (Fsp3) is 1.00. The summed E-state index contributed by atoms with van der Waals surface area (Å²) in [7, 11) is 0. The maximum atomic E-state index is 8.79. The third-order valence-electron chi connectivity index (χ3n) is 2.08. The third-order valence-corrected chi connectivity index (χ3v) is 2.08. The maximum Gasteiger partial charge on any atom is 0.0584 e. The summed E-state index contributed by atoms with van der Waals surface area (Å²) in [5.74, 6) is 0.401. The van der Waals surface area contributed by atoms with E-state index in [9.17, 15) is 0 Å². The lowest BCUT2D eigenvalue weighted by molar-refractivity contribution is 0.144. The number of piperidine rings is 1. The fourth-order valence-corrected chi connectivity index (χ4v) is 1.40. The van der Waals surface area contributed by atoms with Crippen LogP contribution < -0.4 is 5.32 Å². The molecule has 4 heteroatoms. The van der Waals surface area contributed by atoms with Crippen LogP contribution in [0.1, 0.15) is 12.8 Å². The quantitative estimate of drug-likeness (QED) is 0.551. The minimum atomic E-state index is 0. The molecule has 1 heterocycles. The summed E-state index contributed by atoms with van der Waals surface area (Å²) in [4.78, 5) is 0. The smallest absolute Gasteiger partial charge is 0.0584 e. The second kappa shape index (κ2) is 5.77. The molecular weight excluding hydrogens is 166 g/mol. The van der Waals surface area contributed by atoms with Gasteiger partial charge < -0.3 is 15.5 Å². The molecule has 0 amide bonds. The van der Waals surface area contributed by atoms with Gasteiger partial charge in [0, 0.05) is 12.6 Å². The summed E-state index contributed by atoms with van der Waals surface area (Å²) in [6.45, 7) is 1.38. The summed E-state index contributed by atoms with van der Waals surface area (Å²) < 4.78 is 0. The van der Waals surface area contributed by atoms with Crippen molar-refractivity contribution in [2.24, 2.45) is 5.92 Å². The van der Waals surface area contributed by atoms with Crippen molar-refractivity contribution in [3.8, 4) is 0 Å². The number of hydrogen-bond acceptors (Lipinski definition) is 3. The Morgan fingerprint density at radius 1 is 1.27 bits per heavy atom. The zero-order chi connectivity index (χ0) is 7.40. The highest BCUT2D eigenvalue weighted by molar-refractivity contribution is 5.85. The number of halogens is 1. The topological polar surface area (TPSA) is 52.5 Å². The van der Waals surface area contributed by atoms with Crippen LogP contribution >= 0.6 is 12.4 Å². The van der Waals surface area contributed by atoms with Crippen LogP contribution in [0, 0.1) is 5.92 Å². The summed E-state index contributed by atoms with van der Waals surface area (Å²) >= 11 is 0. The van der Waals surface area contributed by atoms with Crippen LogP contribution in [0.4, 0.5) is 0 Å². The Balaban J connectivity index is 0.000001000. The van der Waals surface area contributed by atoms with Gasteiger partial charge in [0.05, 0.1) is 6.61 Å². The van der Waals surface area contributed by atoms with Gasteiger partial charge in [-0.3, -0.25) is 0 Å². The van der Waals surface area contributed by atoms with Crippen molar-refractivity contribution in [2.75, 3.05) is 19.8 Å². The molecule has 0 bridgehead atoms. The summed E-state index contributed by atoms with van der Waals surface area (Å²) in [5, 5.41) is 20.7. The Labute approximate surface area is 73.2 Å². The van der Waals surface area contributed by atoms with E-state index in [2.05, 4.69) is 5.32 Å². The van der Waals surface area contributed by atoms with Gasteiger partial charge in [0.1, 0.15) is 0 Å². The molecule has 0 aromatic heterocycles. The van der Waals surface area contributed by atoms with Gasteiger partial charge in [0.15, 0.2) is 0 Å². The molecule has 3 nitrogen and oxygen atoms in total. The van der Waals surface area contributed by atoms with Crippen LogP contribution in [0.5, 0.6) is 0 Å². The first kappa shape index (κ1) is 11.2. The molecule has 1 aliphatic rings. The van der Waals surface area contributed by atoms with Gasteiger partial charge in [-0.1, -0.05) is 0 Å². The maximum absolute atomic E-state index is 8.79.